The van der Waals surface area contributed by atoms with Crippen molar-refractivity contribution in [3.8, 4) is 0 Å². The molecular formula is C18H16ClN5O6. The molecule has 0 saturated heterocycles. The first-order valence-corrected chi connectivity index (χ1v) is 8.82. The quantitative estimate of drug-likeness (QED) is 0.369. The topological polar surface area (TPSA) is 157 Å². The molecule has 2 aromatic carbocycles. The van der Waals surface area contributed by atoms with Crippen LogP contribution in [0.5, 0.6) is 0 Å². The highest BCUT2D eigenvalue weighted by molar-refractivity contribution is 6.30. The molecule has 0 heterocycles. The minimum Gasteiger partial charge on any atom is -0.326 e. The van der Waals surface area contributed by atoms with Crippen LogP contribution in [-0.2, 0) is 16.0 Å². The van der Waals surface area contributed by atoms with Gasteiger partial charge in [-0.3, -0.25) is 29.8 Å². The van der Waals surface area contributed by atoms with Crippen LogP contribution in [0.25, 0.3) is 0 Å². The van der Waals surface area contributed by atoms with Crippen molar-refractivity contribution in [2.45, 2.75) is 19.8 Å². The van der Waals surface area contributed by atoms with E-state index in [1.54, 1.807) is 24.3 Å². The van der Waals surface area contributed by atoms with Crippen molar-refractivity contribution in [1.29, 1.82) is 0 Å². The van der Waals surface area contributed by atoms with Crippen LogP contribution in [0.4, 0.5) is 17.1 Å². The van der Waals surface area contributed by atoms with Gasteiger partial charge in [0.2, 0.25) is 11.8 Å². The van der Waals surface area contributed by atoms with Gasteiger partial charge in [-0.05, 0) is 37.3 Å². The molecule has 0 aliphatic heterocycles. The van der Waals surface area contributed by atoms with E-state index >= 15 is 0 Å². The predicted octanol–water partition coefficient (Wildman–Crippen LogP) is 3.22. The normalized spacial score (nSPS) is 10.9. The van der Waals surface area contributed by atoms with Crippen molar-refractivity contribution < 1.29 is 19.4 Å². The highest BCUT2D eigenvalue weighted by Gasteiger charge is 2.21. The van der Waals surface area contributed by atoms with Gasteiger partial charge in [-0.1, -0.05) is 11.6 Å². The molecule has 0 radical (unpaired) electrons. The lowest BCUT2D eigenvalue weighted by Gasteiger charge is -2.06. The maximum absolute atomic E-state index is 12.0. The second kappa shape index (κ2) is 10.1. The fourth-order valence-electron chi connectivity index (χ4n) is 2.37. The fourth-order valence-corrected chi connectivity index (χ4v) is 2.49. The maximum atomic E-state index is 12.0. The van der Waals surface area contributed by atoms with E-state index in [1.807, 2.05) is 0 Å². The minimum atomic E-state index is -0.800. The van der Waals surface area contributed by atoms with Crippen LogP contribution in [0.15, 0.2) is 47.6 Å². The summed E-state index contributed by atoms with van der Waals surface area (Å²) in [5.74, 6) is -1.04. The fraction of sp³-hybridized carbons (Fsp3) is 0.167. The van der Waals surface area contributed by atoms with Crippen LogP contribution >= 0.6 is 11.6 Å². The third-order valence-electron chi connectivity index (χ3n) is 3.74. The number of rotatable bonds is 8. The number of nitro groups is 2. The first kappa shape index (κ1) is 22.4. The van der Waals surface area contributed by atoms with Crippen LogP contribution < -0.4 is 10.7 Å². The summed E-state index contributed by atoms with van der Waals surface area (Å²) in [6.07, 6.45) is -0.511. The molecule has 2 N–H and O–H groups in total. The Kier molecular flexibility index (Phi) is 7.53. The molecule has 30 heavy (non-hydrogen) atoms. The van der Waals surface area contributed by atoms with Gasteiger partial charge in [0.15, 0.2) is 0 Å². The van der Waals surface area contributed by atoms with Crippen molar-refractivity contribution in [2.75, 3.05) is 5.32 Å². The van der Waals surface area contributed by atoms with E-state index in [-0.39, 0.29) is 17.9 Å². The molecular weight excluding hydrogens is 418 g/mol. The molecule has 0 unspecified atom stereocenters. The number of hydrogen-bond donors (Lipinski definition) is 2. The smallest absolute Gasteiger partial charge is 0.279 e. The second-order valence-electron chi connectivity index (χ2n) is 6.12. The number of carbonyl (C=O) groups is 2. The SMILES string of the molecule is C/C(CC(=O)Nc1ccc(Cl)cc1)=N/NC(=O)Cc1ccc([N+](=O)[O-])cc1[N+](=O)[O-]. The number of nitrogens with one attached hydrogen (secondary N) is 2. The third-order valence-corrected chi connectivity index (χ3v) is 4.00. The number of carbonyl (C=O) groups excluding carboxylic acids is 2. The van der Waals surface area contributed by atoms with Gasteiger partial charge in [0.25, 0.3) is 11.4 Å². The van der Waals surface area contributed by atoms with E-state index in [0.29, 0.717) is 16.4 Å². The number of hydrogen-bond acceptors (Lipinski definition) is 7. The predicted molar refractivity (Wildman–Crippen MR) is 109 cm³/mol. The number of benzene rings is 2. The van der Waals surface area contributed by atoms with Crippen LogP contribution in [0, 0.1) is 20.2 Å². The summed E-state index contributed by atoms with van der Waals surface area (Å²) >= 11 is 5.77. The van der Waals surface area contributed by atoms with Gasteiger partial charge >= 0.3 is 0 Å². The molecule has 0 aliphatic carbocycles. The zero-order valence-electron chi connectivity index (χ0n) is 15.6. The molecule has 2 amide bonds. The number of amides is 2. The Morgan fingerprint density at radius 3 is 2.30 bits per heavy atom. The lowest BCUT2D eigenvalue weighted by atomic mass is 10.1. The highest BCUT2D eigenvalue weighted by atomic mass is 35.5. The molecule has 0 spiro atoms. The lowest BCUT2D eigenvalue weighted by Crippen LogP contribution is -2.23. The number of hydrazone groups is 1. The van der Waals surface area contributed by atoms with Gasteiger partial charge in [-0.25, -0.2) is 5.43 Å². The first-order chi connectivity index (χ1) is 14.2. The van der Waals surface area contributed by atoms with E-state index in [2.05, 4.69) is 15.8 Å². The molecule has 0 atom stereocenters. The molecule has 12 heteroatoms. The Balaban J connectivity index is 1.95. The zero-order chi connectivity index (χ0) is 22.3. The second-order valence-corrected chi connectivity index (χ2v) is 6.55. The van der Waals surface area contributed by atoms with Crippen LogP contribution in [0.1, 0.15) is 18.9 Å². The van der Waals surface area contributed by atoms with Gasteiger partial charge in [0.1, 0.15) is 0 Å². The summed E-state index contributed by atoms with van der Waals surface area (Å²) in [4.78, 5) is 44.3. The minimum absolute atomic E-state index is 0.00330. The van der Waals surface area contributed by atoms with Crippen LogP contribution in [0.2, 0.25) is 5.02 Å². The van der Waals surface area contributed by atoms with Crippen molar-refractivity contribution in [1.82, 2.24) is 5.43 Å². The Morgan fingerprint density at radius 1 is 1.03 bits per heavy atom. The number of nitrogens with zero attached hydrogens (tertiary/aromatic N) is 3. The summed E-state index contributed by atoms with van der Waals surface area (Å²) in [6, 6.07) is 9.51. The monoisotopic (exact) mass is 433 g/mol. The van der Waals surface area contributed by atoms with E-state index in [9.17, 15) is 29.8 Å². The van der Waals surface area contributed by atoms with E-state index in [0.717, 1.165) is 18.2 Å². The van der Waals surface area contributed by atoms with Crippen LogP contribution in [-0.4, -0.2) is 27.4 Å². The zero-order valence-corrected chi connectivity index (χ0v) is 16.4. The lowest BCUT2D eigenvalue weighted by molar-refractivity contribution is -0.394. The molecule has 11 nitrogen and oxygen atoms in total. The first-order valence-electron chi connectivity index (χ1n) is 8.45. The molecule has 0 saturated carbocycles. The summed E-state index contributed by atoms with van der Waals surface area (Å²) in [5, 5.41) is 28.8. The van der Waals surface area contributed by atoms with E-state index in [1.165, 1.54) is 6.92 Å². The maximum Gasteiger partial charge on any atom is 0.279 e. The molecule has 0 bridgehead atoms. The average Bonchev–Trinajstić information content (AvgIpc) is 2.68. The largest absolute Gasteiger partial charge is 0.326 e. The van der Waals surface area contributed by atoms with Crippen molar-refractivity contribution in [3.63, 3.8) is 0 Å². The van der Waals surface area contributed by atoms with Crippen molar-refractivity contribution >= 4 is 46.2 Å². The van der Waals surface area contributed by atoms with Gasteiger partial charge in [-0.2, -0.15) is 5.10 Å². The third kappa shape index (κ3) is 6.63. The van der Waals surface area contributed by atoms with Gasteiger partial charge < -0.3 is 5.32 Å². The summed E-state index contributed by atoms with van der Waals surface area (Å²) in [5.41, 5.74) is 2.06. The Labute approximate surface area is 175 Å². The summed E-state index contributed by atoms with van der Waals surface area (Å²) in [7, 11) is 0. The number of nitro benzene ring substituents is 2. The molecule has 156 valence electrons. The molecule has 2 aromatic rings. The average molecular weight is 434 g/mol. The van der Waals surface area contributed by atoms with E-state index in [4.69, 9.17) is 11.6 Å². The summed E-state index contributed by atoms with van der Waals surface area (Å²) in [6.45, 7) is 1.52. The van der Waals surface area contributed by atoms with Crippen molar-refractivity contribution in [2.24, 2.45) is 5.10 Å². The van der Waals surface area contributed by atoms with Crippen LogP contribution in [0.3, 0.4) is 0 Å². The highest BCUT2D eigenvalue weighted by Crippen LogP contribution is 2.25. The van der Waals surface area contributed by atoms with Gasteiger partial charge in [0, 0.05) is 28.1 Å². The Bertz CT molecular complexity index is 1020. The molecule has 2 rings (SSSR count). The Morgan fingerprint density at radius 2 is 1.70 bits per heavy atom. The standard InChI is InChI=1S/C18H16ClN5O6/c1-11(8-17(25)20-14-5-3-13(19)4-6-14)21-22-18(26)9-12-2-7-15(23(27)28)10-16(12)24(29)30/h2-7,10H,8-9H2,1H3,(H,20,25)(H,22,26)/b21-11-. The van der Waals surface area contributed by atoms with Gasteiger partial charge in [-0.15, -0.1) is 0 Å². The number of halogens is 1. The molecule has 0 aliphatic rings. The number of anilines is 1. The molecule has 0 fully saturated rings. The summed E-state index contributed by atoms with van der Waals surface area (Å²) < 4.78 is 0. The number of non-ortho nitro benzene ring substituents is 1. The van der Waals surface area contributed by atoms with E-state index < -0.39 is 33.5 Å². The molecule has 0 aromatic heterocycles. The van der Waals surface area contributed by atoms with Gasteiger partial charge in [0.05, 0.1) is 28.8 Å². The Hall–Kier alpha value is -3.86. The van der Waals surface area contributed by atoms with Crippen molar-refractivity contribution in [3.05, 3.63) is 73.3 Å².